The molecule has 12 heteroatoms. The topological polar surface area (TPSA) is 162 Å². The fourth-order valence-corrected chi connectivity index (χ4v) is 2.91. The Morgan fingerprint density at radius 1 is 1.03 bits per heavy atom. The van der Waals surface area contributed by atoms with Gasteiger partial charge in [-0.2, -0.15) is 5.10 Å². The molecule has 0 atom stereocenters. The van der Waals surface area contributed by atoms with Gasteiger partial charge >= 0.3 is 0 Å². The third kappa shape index (κ3) is 4.92. The Balaban J connectivity index is 1.71. The van der Waals surface area contributed by atoms with Crippen LogP contribution in [0.25, 0.3) is 5.69 Å². The number of anilines is 1. The van der Waals surface area contributed by atoms with Crippen LogP contribution in [-0.2, 0) is 0 Å². The number of amides is 1. The smallest absolute Gasteiger partial charge is 0.294 e. The minimum atomic E-state index is -0.729. The molecule has 0 aliphatic heterocycles. The van der Waals surface area contributed by atoms with E-state index in [1.165, 1.54) is 53.2 Å². The molecule has 0 aliphatic carbocycles. The minimum absolute atomic E-state index is 0.0377. The van der Waals surface area contributed by atoms with Crippen molar-refractivity contribution in [1.29, 1.82) is 0 Å². The Kier molecular flexibility index (Phi) is 6.53. The number of aryl methyl sites for hydroxylation is 1. The zero-order valence-electron chi connectivity index (χ0n) is 16.8. The van der Waals surface area contributed by atoms with Crippen molar-refractivity contribution in [3.05, 3.63) is 96.4 Å². The standard InChI is InChI=1S/C20H18N6O6/c1-13-12-18(27)19(23-24(13)16-4-2-3-5-17(16)26(31)32)20(28)22-11-10-21-14-6-8-15(9-7-14)25(29)30/h2-9,12,21H,10-11H2,1H3,(H,22,28). The maximum atomic E-state index is 12.5. The zero-order chi connectivity index (χ0) is 23.3. The highest BCUT2D eigenvalue weighted by atomic mass is 16.6. The number of hydrogen-bond donors (Lipinski definition) is 2. The van der Waals surface area contributed by atoms with Crippen LogP contribution in [0.3, 0.4) is 0 Å². The maximum Gasteiger partial charge on any atom is 0.294 e. The van der Waals surface area contributed by atoms with Gasteiger partial charge in [-0.15, -0.1) is 0 Å². The molecule has 2 aromatic carbocycles. The first-order valence-electron chi connectivity index (χ1n) is 9.39. The number of carbonyl (C=O) groups is 1. The van der Waals surface area contributed by atoms with Gasteiger partial charge in [-0.3, -0.25) is 29.8 Å². The third-order valence-electron chi connectivity index (χ3n) is 4.45. The van der Waals surface area contributed by atoms with E-state index in [0.717, 1.165) is 0 Å². The van der Waals surface area contributed by atoms with Gasteiger partial charge in [0.25, 0.3) is 17.3 Å². The number of benzene rings is 2. The number of non-ortho nitro benzene ring substituents is 1. The highest BCUT2D eigenvalue weighted by Crippen LogP contribution is 2.22. The molecule has 1 aromatic heterocycles. The van der Waals surface area contributed by atoms with Gasteiger partial charge < -0.3 is 10.6 Å². The predicted molar refractivity (Wildman–Crippen MR) is 115 cm³/mol. The molecule has 3 rings (SSSR count). The van der Waals surface area contributed by atoms with Crippen molar-refractivity contribution in [3.63, 3.8) is 0 Å². The van der Waals surface area contributed by atoms with Crippen molar-refractivity contribution in [2.75, 3.05) is 18.4 Å². The first-order valence-corrected chi connectivity index (χ1v) is 9.39. The molecule has 1 amide bonds. The summed E-state index contributed by atoms with van der Waals surface area (Å²) in [6.07, 6.45) is 0. The molecule has 0 unspecified atom stereocenters. The lowest BCUT2D eigenvalue weighted by Gasteiger charge is -2.12. The fraction of sp³-hybridized carbons (Fsp3) is 0.150. The van der Waals surface area contributed by atoms with Crippen LogP contribution in [0.1, 0.15) is 16.2 Å². The summed E-state index contributed by atoms with van der Waals surface area (Å²) in [5.74, 6) is -0.729. The van der Waals surface area contributed by atoms with Crippen LogP contribution in [0.2, 0.25) is 0 Å². The summed E-state index contributed by atoms with van der Waals surface area (Å²) in [6.45, 7) is 1.98. The summed E-state index contributed by atoms with van der Waals surface area (Å²) < 4.78 is 1.18. The van der Waals surface area contributed by atoms with E-state index in [1.54, 1.807) is 13.0 Å². The molecule has 164 valence electrons. The van der Waals surface area contributed by atoms with Crippen LogP contribution in [0.15, 0.2) is 59.4 Å². The van der Waals surface area contributed by atoms with Crippen molar-refractivity contribution < 1.29 is 14.6 Å². The number of nitrogens with one attached hydrogen (secondary N) is 2. The maximum absolute atomic E-state index is 12.5. The Morgan fingerprint density at radius 2 is 1.72 bits per heavy atom. The molecule has 0 radical (unpaired) electrons. The number of carbonyl (C=O) groups excluding carboxylic acids is 1. The van der Waals surface area contributed by atoms with E-state index in [0.29, 0.717) is 11.4 Å². The summed E-state index contributed by atoms with van der Waals surface area (Å²) in [5, 5.41) is 31.6. The monoisotopic (exact) mass is 438 g/mol. The molecule has 0 fully saturated rings. The quantitative estimate of drug-likeness (QED) is 0.307. The largest absolute Gasteiger partial charge is 0.383 e. The van der Waals surface area contributed by atoms with Crippen molar-refractivity contribution in [2.45, 2.75) is 6.92 Å². The lowest BCUT2D eigenvalue weighted by atomic mass is 10.2. The van der Waals surface area contributed by atoms with Crippen molar-refractivity contribution in [2.24, 2.45) is 0 Å². The van der Waals surface area contributed by atoms with Gasteiger partial charge in [-0.25, -0.2) is 4.68 Å². The highest BCUT2D eigenvalue weighted by Gasteiger charge is 2.20. The molecule has 0 bridgehead atoms. The zero-order valence-corrected chi connectivity index (χ0v) is 16.8. The predicted octanol–water partition coefficient (Wildman–Crippen LogP) is 2.20. The van der Waals surface area contributed by atoms with Crippen LogP contribution in [0, 0.1) is 27.2 Å². The normalized spacial score (nSPS) is 10.4. The summed E-state index contributed by atoms with van der Waals surface area (Å²) in [4.78, 5) is 45.7. The van der Waals surface area contributed by atoms with Crippen LogP contribution in [0.4, 0.5) is 17.1 Å². The van der Waals surface area contributed by atoms with Crippen LogP contribution < -0.4 is 16.1 Å². The summed E-state index contributed by atoms with van der Waals surface area (Å²) in [7, 11) is 0. The molecule has 12 nitrogen and oxygen atoms in total. The van der Waals surface area contributed by atoms with Gasteiger partial charge in [0.15, 0.2) is 5.69 Å². The van der Waals surface area contributed by atoms with Gasteiger partial charge in [-0.05, 0) is 25.1 Å². The van der Waals surface area contributed by atoms with Gasteiger partial charge in [-0.1, -0.05) is 12.1 Å². The van der Waals surface area contributed by atoms with Gasteiger partial charge in [0, 0.05) is 48.7 Å². The average molecular weight is 438 g/mol. The lowest BCUT2D eigenvalue weighted by molar-refractivity contribution is -0.384. The van der Waals surface area contributed by atoms with E-state index in [1.807, 2.05) is 0 Å². The molecular weight excluding hydrogens is 420 g/mol. The Bertz CT molecular complexity index is 1240. The number of nitrogens with zero attached hydrogens (tertiary/aromatic N) is 4. The summed E-state index contributed by atoms with van der Waals surface area (Å²) >= 11 is 0. The molecule has 32 heavy (non-hydrogen) atoms. The van der Waals surface area contributed by atoms with Crippen molar-refractivity contribution >= 4 is 23.0 Å². The number of rotatable bonds is 8. The van der Waals surface area contributed by atoms with Crippen LogP contribution >= 0.6 is 0 Å². The summed E-state index contributed by atoms with van der Waals surface area (Å²) in [5.41, 5.74) is -0.182. The second kappa shape index (κ2) is 9.47. The van der Waals surface area contributed by atoms with E-state index < -0.39 is 26.9 Å². The van der Waals surface area contributed by atoms with E-state index in [9.17, 15) is 29.8 Å². The van der Waals surface area contributed by atoms with Gasteiger partial charge in [0.2, 0.25) is 5.43 Å². The average Bonchev–Trinajstić information content (AvgIpc) is 2.77. The SMILES string of the molecule is Cc1cc(=O)c(C(=O)NCCNc2ccc([N+](=O)[O-])cc2)nn1-c1ccccc1[N+](=O)[O-]. The van der Waals surface area contributed by atoms with Gasteiger partial charge in [0.1, 0.15) is 5.69 Å². The first kappa shape index (κ1) is 22.1. The second-order valence-electron chi connectivity index (χ2n) is 6.64. The molecule has 0 spiro atoms. The van der Waals surface area contributed by atoms with Crippen LogP contribution in [0.5, 0.6) is 0 Å². The number of aromatic nitrogens is 2. The van der Waals surface area contributed by atoms with Crippen molar-refractivity contribution in [1.82, 2.24) is 15.1 Å². The number of nitro groups is 2. The lowest BCUT2D eigenvalue weighted by Crippen LogP contribution is -2.34. The second-order valence-corrected chi connectivity index (χ2v) is 6.64. The molecular formula is C20H18N6O6. The minimum Gasteiger partial charge on any atom is -0.383 e. The molecule has 0 saturated carbocycles. The van der Waals surface area contributed by atoms with Crippen molar-refractivity contribution in [3.8, 4) is 5.69 Å². The summed E-state index contributed by atoms with van der Waals surface area (Å²) in [6, 6.07) is 12.8. The highest BCUT2D eigenvalue weighted by molar-refractivity contribution is 5.92. The third-order valence-corrected chi connectivity index (χ3v) is 4.45. The first-order chi connectivity index (χ1) is 15.3. The molecule has 1 heterocycles. The van der Waals surface area contributed by atoms with E-state index in [-0.39, 0.29) is 30.2 Å². The molecule has 0 aliphatic rings. The Hall–Kier alpha value is -4.61. The molecule has 2 N–H and O–H groups in total. The molecule has 3 aromatic rings. The van der Waals surface area contributed by atoms with E-state index in [4.69, 9.17) is 0 Å². The number of hydrogen-bond acceptors (Lipinski definition) is 8. The Morgan fingerprint density at radius 3 is 2.38 bits per heavy atom. The Labute approximate surface area is 180 Å². The van der Waals surface area contributed by atoms with Crippen LogP contribution in [-0.4, -0.2) is 38.6 Å². The van der Waals surface area contributed by atoms with E-state index in [2.05, 4.69) is 15.7 Å². The van der Waals surface area contributed by atoms with E-state index >= 15 is 0 Å². The number of para-hydroxylation sites is 2. The number of nitro benzene ring substituents is 2. The fourth-order valence-electron chi connectivity index (χ4n) is 2.91. The van der Waals surface area contributed by atoms with Gasteiger partial charge in [0.05, 0.1) is 9.85 Å². The molecule has 0 saturated heterocycles.